The number of thioether (sulfide) groups is 1. The zero-order valence-electron chi connectivity index (χ0n) is 23.5. The Morgan fingerprint density at radius 1 is 1.00 bits per heavy atom. The van der Waals surface area contributed by atoms with Crippen LogP contribution < -0.4 is 10.2 Å². The molecule has 2 aliphatic heterocycles. The van der Waals surface area contributed by atoms with E-state index in [0.29, 0.717) is 12.3 Å². The van der Waals surface area contributed by atoms with Crippen molar-refractivity contribution in [3.8, 4) is 11.1 Å². The SMILES string of the molecule is C=CN(Cc1ccc(C2=NN=C(C(F)F)C2)cc1)c1ccc(-c2ccc(C=N)c(NC)c2)cc1.CN1CCSCC1. The molecule has 0 spiro atoms. The van der Waals surface area contributed by atoms with Gasteiger partial charge in [0, 0.05) is 67.8 Å². The van der Waals surface area contributed by atoms with Crippen molar-refractivity contribution in [1.29, 1.82) is 5.41 Å². The number of hydrogen-bond donors (Lipinski definition) is 2. The molecule has 0 aliphatic carbocycles. The van der Waals surface area contributed by atoms with Crippen LogP contribution in [0.4, 0.5) is 20.2 Å². The summed E-state index contributed by atoms with van der Waals surface area (Å²) in [4.78, 5) is 4.41. The first-order valence-electron chi connectivity index (χ1n) is 13.5. The molecule has 9 heteroatoms. The highest BCUT2D eigenvalue weighted by Crippen LogP contribution is 2.28. The van der Waals surface area contributed by atoms with Crippen LogP contribution in [0.5, 0.6) is 0 Å². The lowest BCUT2D eigenvalue weighted by atomic mass is 10.0. The number of anilines is 2. The number of nitrogens with zero attached hydrogens (tertiary/aromatic N) is 4. The zero-order chi connectivity index (χ0) is 29.2. The molecule has 0 atom stereocenters. The number of benzene rings is 3. The first kappa shape index (κ1) is 30.1. The molecule has 5 rings (SSSR count). The predicted octanol–water partition coefficient (Wildman–Crippen LogP) is 7.02. The molecule has 0 amide bonds. The first-order chi connectivity index (χ1) is 19.9. The van der Waals surface area contributed by atoms with Gasteiger partial charge in [0.25, 0.3) is 6.43 Å². The van der Waals surface area contributed by atoms with E-state index >= 15 is 0 Å². The highest BCUT2D eigenvalue weighted by molar-refractivity contribution is 7.99. The predicted molar refractivity (Wildman–Crippen MR) is 172 cm³/mol. The van der Waals surface area contributed by atoms with E-state index in [0.717, 1.165) is 39.2 Å². The van der Waals surface area contributed by atoms with Gasteiger partial charge in [-0.3, -0.25) is 0 Å². The molecule has 0 unspecified atom stereocenters. The van der Waals surface area contributed by atoms with Crippen molar-refractivity contribution in [1.82, 2.24) is 4.90 Å². The Morgan fingerprint density at radius 3 is 2.20 bits per heavy atom. The Hall–Kier alpha value is -3.82. The van der Waals surface area contributed by atoms with Gasteiger partial charge in [0.1, 0.15) is 5.71 Å². The van der Waals surface area contributed by atoms with Crippen LogP contribution in [-0.2, 0) is 6.54 Å². The average molecular weight is 575 g/mol. The summed E-state index contributed by atoms with van der Waals surface area (Å²) < 4.78 is 25.6. The Kier molecular flexibility index (Phi) is 10.8. The second kappa shape index (κ2) is 14.7. The Bertz CT molecular complexity index is 1380. The van der Waals surface area contributed by atoms with Crippen molar-refractivity contribution >= 4 is 40.8 Å². The summed E-state index contributed by atoms with van der Waals surface area (Å²) in [5, 5.41) is 18.1. The number of halogens is 2. The van der Waals surface area contributed by atoms with Crippen molar-refractivity contribution in [2.24, 2.45) is 10.2 Å². The van der Waals surface area contributed by atoms with Gasteiger partial charge in [-0.05, 0) is 53.7 Å². The Morgan fingerprint density at radius 2 is 1.66 bits per heavy atom. The van der Waals surface area contributed by atoms with Crippen LogP contribution in [0.25, 0.3) is 11.1 Å². The molecule has 1 saturated heterocycles. The molecule has 0 radical (unpaired) electrons. The lowest BCUT2D eigenvalue weighted by Gasteiger charge is -2.21. The monoisotopic (exact) mass is 574 g/mol. The highest BCUT2D eigenvalue weighted by atomic mass is 32.2. The third kappa shape index (κ3) is 8.11. The van der Waals surface area contributed by atoms with Crippen LogP contribution in [0.2, 0.25) is 0 Å². The topological polar surface area (TPSA) is 67.1 Å². The van der Waals surface area contributed by atoms with Crippen LogP contribution in [0.3, 0.4) is 0 Å². The van der Waals surface area contributed by atoms with Crippen molar-refractivity contribution in [3.63, 3.8) is 0 Å². The quantitative estimate of drug-likeness (QED) is 0.270. The largest absolute Gasteiger partial charge is 0.388 e. The lowest BCUT2D eigenvalue weighted by Crippen LogP contribution is -2.28. The van der Waals surface area contributed by atoms with E-state index in [1.165, 1.54) is 30.8 Å². The maximum Gasteiger partial charge on any atom is 0.278 e. The van der Waals surface area contributed by atoms with E-state index < -0.39 is 6.43 Å². The van der Waals surface area contributed by atoms with E-state index in [9.17, 15) is 8.78 Å². The smallest absolute Gasteiger partial charge is 0.278 e. The number of rotatable bonds is 9. The Balaban J connectivity index is 0.000000483. The van der Waals surface area contributed by atoms with E-state index in [-0.39, 0.29) is 12.1 Å². The summed E-state index contributed by atoms with van der Waals surface area (Å²) in [6.07, 6.45) is 0.634. The minimum Gasteiger partial charge on any atom is -0.388 e. The molecular weight excluding hydrogens is 538 g/mol. The Labute approximate surface area is 245 Å². The summed E-state index contributed by atoms with van der Waals surface area (Å²) in [5.74, 6) is 2.66. The fourth-order valence-electron chi connectivity index (χ4n) is 4.49. The van der Waals surface area contributed by atoms with E-state index in [4.69, 9.17) is 5.41 Å². The fourth-order valence-corrected chi connectivity index (χ4v) is 5.57. The molecule has 0 bridgehead atoms. The van der Waals surface area contributed by atoms with E-state index in [2.05, 4.69) is 57.9 Å². The molecule has 6 nitrogen and oxygen atoms in total. The van der Waals surface area contributed by atoms with Crippen molar-refractivity contribution in [2.45, 2.75) is 19.4 Å². The van der Waals surface area contributed by atoms with Gasteiger partial charge in [-0.25, -0.2) is 8.78 Å². The second-order valence-electron chi connectivity index (χ2n) is 9.78. The average Bonchev–Trinajstić information content (AvgIpc) is 3.52. The van der Waals surface area contributed by atoms with Gasteiger partial charge >= 0.3 is 0 Å². The maximum atomic E-state index is 12.8. The number of hydrogen-bond acceptors (Lipinski definition) is 7. The summed E-state index contributed by atoms with van der Waals surface area (Å²) in [7, 11) is 4.03. The molecular formula is C32H36F2N6S. The number of alkyl halides is 2. The van der Waals surface area contributed by atoms with E-state index in [1.807, 2.05) is 66.5 Å². The molecule has 214 valence electrons. The molecule has 1 fully saturated rings. The van der Waals surface area contributed by atoms with Gasteiger partial charge in [-0.15, -0.1) is 0 Å². The third-order valence-corrected chi connectivity index (χ3v) is 7.95. The van der Waals surface area contributed by atoms with Crippen LogP contribution >= 0.6 is 11.8 Å². The van der Waals surface area contributed by atoms with Crippen molar-refractivity contribution in [3.05, 3.63) is 96.2 Å². The molecule has 2 heterocycles. The minimum atomic E-state index is -2.57. The van der Waals surface area contributed by atoms with Gasteiger partial charge in [-0.1, -0.05) is 55.1 Å². The molecule has 41 heavy (non-hydrogen) atoms. The summed E-state index contributed by atoms with van der Waals surface area (Å²) >= 11 is 2.06. The van der Waals surface area contributed by atoms with Crippen LogP contribution in [0.1, 0.15) is 23.1 Å². The minimum absolute atomic E-state index is 0.0854. The third-order valence-electron chi connectivity index (χ3n) is 7.01. The molecule has 2 N–H and O–H groups in total. The first-order valence-corrected chi connectivity index (χ1v) is 14.7. The summed E-state index contributed by atoms with van der Waals surface area (Å²) in [5.41, 5.74) is 7.13. The van der Waals surface area contributed by atoms with Gasteiger partial charge in [0.05, 0.1) is 5.71 Å². The van der Waals surface area contributed by atoms with Crippen LogP contribution in [-0.4, -0.2) is 67.7 Å². The standard InChI is InChI=1S/C27H25F2N5.C5H11NS/c1-3-34(17-18-4-6-20(7-5-18)25-15-26(27(28)29)33-32-25)23-12-10-19(11-13-23)21-8-9-22(16-30)24(14-21)31-2;1-6-2-4-7-5-3-6/h3-14,16,27,30-31H,1,15,17H2,2H3;2-5H2,1H3. The molecule has 3 aromatic carbocycles. The molecule has 3 aromatic rings. The van der Waals surface area contributed by atoms with Crippen LogP contribution in [0.15, 0.2) is 89.7 Å². The molecule has 0 aromatic heterocycles. The summed E-state index contributed by atoms with van der Waals surface area (Å²) in [6.45, 7) is 7.13. The fraction of sp³-hybridized carbons (Fsp3) is 0.281. The van der Waals surface area contributed by atoms with Gasteiger partial charge in [0.2, 0.25) is 0 Å². The number of nitrogens with one attached hydrogen (secondary N) is 2. The molecule has 2 aliphatic rings. The van der Waals surface area contributed by atoms with Crippen molar-refractivity contribution < 1.29 is 8.78 Å². The highest BCUT2D eigenvalue weighted by Gasteiger charge is 2.21. The lowest BCUT2D eigenvalue weighted by molar-refractivity contribution is 0.224. The van der Waals surface area contributed by atoms with Crippen molar-refractivity contribution in [2.75, 3.05) is 48.9 Å². The van der Waals surface area contributed by atoms with Crippen LogP contribution in [0, 0.1) is 5.41 Å². The second-order valence-corrected chi connectivity index (χ2v) is 11.0. The van der Waals surface area contributed by atoms with Gasteiger partial charge < -0.3 is 20.5 Å². The van der Waals surface area contributed by atoms with E-state index in [1.54, 1.807) is 6.20 Å². The van der Waals surface area contributed by atoms with Gasteiger partial charge in [-0.2, -0.15) is 22.0 Å². The normalized spacial score (nSPS) is 15.0. The summed E-state index contributed by atoms with van der Waals surface area (Å²) in [6, 6.07) is 21.9. The van der Waals surface area contributed by atoms with Gasteiger partial charge in [0.15, 0.2) is 0 Å². The zero-order valence-corrected chi connectivity index (χ0v) is 24.3. The maximum absolute atomic E-state index is 12.8. The molecule has 0 saturated carbocycles.